The summed E-state index contributed by atoms with van der Waals surface area (Å²) in [6.45, 7) is 6.79. The highest BCUT2D eigenvalue weighted by molar-refractivity contribution is 9.10. The Morgan fingerprint density at radius 3 is 2.74 bits per heavy atom. The molecule has 0 aliphatic carbocycles. The number of nitrogens with one attached hydrogen (secondary N) is 3. The molecule has 0 amide bonds. The van der Waals surface area contributed by atoms with Gasteiger partial charge in [0.2, 0.25) is 5.88 Å². The van der Waals surface area contributed by atoms with Crippen molar-refractivity contribution in [1.82, 2.24) is 15.3 Å². The molecule has 0 saturated carbocycles. The van der Waals surface area contributed by atoms with Crippen molar-refractivity contribution in [3.63, 3.8) is 0 Å². The first-order valence-corrected chi connectivity index (χ1v) is 12.7. The molecule has 2 aliphatic rings. The van der Waals surface area contributed by atoms with Crippen LogP contribution in [0.2, 0.25) is 0 Å². The Balaban J connectivity index is 1.39. The molecule has 2 aliphatic heterocycles. The Labute approximate surface area is 213 Å². The topological polar surface area (TPSA) is 89.6 Å². The van der Waals surface area contributed by atoms with Crippen molar-refractivity contribution in [3.8, 4) is 23.1 Å². The normalized spacial score (nSPS) is 16.1. The van der Waals surface area contributed by atoms with Gasteiger partial charge in [-0.05, 0) is 69.5 Å². The number of rotatable bonds is 6. The molecule has 3 N–H and O–H groups in total. The van der Waals surface area contributed by atoms with Crippen LogP contribution in [0.4, 0.5) is 17.2 Å². The zero-order chi connectivity index (χ0) is 24.4. The Bertz CT molecular complexity index is 1220. The number of benzene rings is 2. The third-order valence-corrected chi connectivity index (χ3v) is 7.47. The van der Waals surface area contributed by atoms with Gasteiger partial charge in [0, 0.05) is 28.3 Å². The molecule has 0 spiro atoms. The van der Waals surface area contributed by atoms with Gasteiger partial charge in [-0.3, -0.25) is 0 Å². The van der Waals surface area contributed by atoms with E-state index in [1.54, 1.807) is 7.11 Å². The quantitative estimate of drug-likeness (QED) is 0.363. The minimum Gasteiger partial charge on any atom is -0.493 e. The molecule has 1 saturated heterocycles. The van der Waals surface area contributed by atoms with Crippen LogP contribution in [-0.2, 0) is 6.54 Å². The monoisotopic (exact) mass is 539 g/mol. The van der Waals surface area contributed by atoms with Gasteiger partial charge >= 0.3 is 0 Å². The summed E-state index contributed by atoms with van der Waals surface area (Å²) in [5, 5.41) is 10.2. The van der Waals surface area contributed by atoms with Crippen LogP contribution in [0, 0.1) is 12.8 Å². The fourth-order valence-corrected chi connectivity index (χ4v) is 4.85. The zero-order valence-corrected chi connectivity index (χ0v) is 21.7. The number of hydrogen-bond donors (Lipinski definition) is 3. The molecule has 0 bridgehead atoms. The first-order chi connectivity index (χ1) is 17.0. The summed E-state index contributed by atoms with van der Waals surface area (Å²) in [5.41, 5.74) is 3.73. The van der Waals surface area contributed by atoms with E-state index in [4.69, 9.17) is 14.2 Å². The van der Waals surface area contributed by atoms with Crippen molar-refractivity contribution >= 4 is 33.1 Å². The third kappa shape index (κ3) is 5.16. The number of methoxy groups -OCH3 is 1. The summed E-state index contributed by atoms with van der Waals surface area (Å²) in [4.78, 5) is 8.83. The molecule has 184 valence electrons. The van der Waals surface area contributed by atoms with Crippen LogP contribution in [0.15, 0.2) is 41.1 Å². The molecule has 1 fully saturated rings. The summed E-state index contributed by atoms with van der Waals surface area (Å²) < 4.78 is 19.3. The van der Waals surface area contributed by atoms with E-state index in [-0.39, 0.29) is 6.10 Å². The molecule has 8 nitrogen and oxygen atoms in total. The number of hydrogen-bond acceptors (Lipinski definition) is 8. The Kier molecular flexibility index (Phi) is 6.97. The van der Waals surface area contributed by atoms with Crippen LogP contribution in [0.25, 0.3) is 0 Å². The fraction of sp³-hybridized carbons (Fsp3) is 0.385. The molecule has 1 atom stereocenters. The van der Waals surface area contributed by atoms with Gasteiger partial charge in [-0.1, -0.05) is 22.0 Å². The lowest BCUT2D eigenvalue weighted by Crippen LogP contribution is -2.35. The van der Waals surface area contributed by atoms with Gasteiger partial charge in [0.15, 0.2) is 17.3 Å². The molecule has 0 radical (unpaired) electrons. The summed E-state index contributed by atoms with van der Waals surface area (Å²) in [6.07, 6.45) is 3.81. The summed E-state index contributed by atoms with van der Waals surface area (Å²) >= 11 is 3.59. The van der Waals surface area contributed by atoms with E-state index in [9.17, 15) is 0 Å². The maximum absolute atomic E-state index is 6.40. The number of aryl methyl sites for hydroxylation is 1. The Morgan fingerprint density at radius 1 is 1.14 bits per heavy atom. The lowest BCUT2D eigenvalue weighted by molar-refractivity contribution is 0.124. The van der Waals surface area contributed by atoms with Crippen LogP contribution >= 0.6 is 15.9 Å². The van der Waals surface area contributed by atoms with Gasteiger partial charge in [-0.15, -0.1) is 0 Å². The van der Waals surface area contributed by atoms with Crippen molar-refractivity contribution < 1.29 is 14.2 Å². The number of piperidine rings is 1. The summed E-state index contributed by atoms with van der Waals surface area (Å²) in [7, 11) is 1.65. The van der Waals surface area contributed by atoms with Crippen molar-refractivity contribution in [3.05, 3.63) is 52.3 Å². The molecule has 1 unspecified atom stereocenters. The largest absolute Gasteiger partial charge is 0.493 e. The highest BCUT2D eigenvalue weighted by Gasteiger charge is 2.25. The van der Waals surface area contributed by atoms with Gasteiger partial charge in [-0.2, -0.15) is 4.98 Å². The van der Waals surface area contributed by atoms with Gasteiger partial charge in [0.25, 0.3) is 0 Å². The van der Waals surface area contributed by atoms with Gasteiger partial charge < -0.3 is 30.2 Å². The van der Waals surface area contributed by atoms with E-state index in [1.165, 1.54) is 6.33 Å². The lowest BCUT2D eigenvalue weighted by atomic mass is 9.93. The van der Waals surface area contributed by atoms with Crippen molar-refractivity contribution in [1.29, 1.82) is 0 Å². The molecule has 3 heterocycles. The van der Waals surface area contributed by atoms with Gasteiger partial charge in [0.05, 0.1) is 13.2 Å². The lowest BCUT2D eigenvalue weighted by Gasteiger charge is -2.29. The second-order valence-corrected chi connectivity index (χ2v) is 9.82. The predicted molar refractivity (Wildman–Crippen MR) is 140 cm³/mol. The first-order valence-electron chi connectivity index (χ1n) is 11.9. The second-order valence-electron chi connectivity index (χ2n) is 8.97. The van der Waals surface area contributed by atoms with Crippen LogP contribution < -0.4 is 30.2 Å². The van der Waals surface area contributed by atoms with E-state index in [0.29, 0.717) is 41.3 Å². The van der Waals surface area contributed by atoms with E-state index >= 15 is 0 Å². The van der Waals surface area contributed by atoms with Crippen molar-refractivity contribution in [2.45, 2.75) is 39.3 Å². The average molecular weight is 540 g/mol. The molecule has 5 rings (SSSR count). The first kappa shape index (κ1) is 23.7. The molecule has 3 aromatic rings. The minimum absolute atomic E-state index is 0.0939. The molecular formula is C26H30BrN5O3. The number of anilines is 3. The Hall–Kier alpha value is -3.04. The standard InChI is InChI=1S/C26H30BrN5O3/c1-15-4-5-19(11-20(15)27)32-25-24-26(31-14-30-25)35-21-12-22(33-3)23(10-18(21)13-29-24)34-16(2)17-6-8-28-9-7-17/h4-5,10-12,14,16-17,28-29H,6-9,13H2,1-3H3,(H,30,31,32). The Morgan fingerprint density at radius 2 is 1.97 bits per heavy atom. The second kappa shape index (κ2) is 10.3. The minimum atomic E-state index is 0.0939. The van der Waals surface area contributed by atoms with E-state index < -0.39 is 0 Å². The summed E-state index contributed by atoms with van der Waals surface area (Å²) in [5.74, 6) is 3.65. The molecular weight excluding hydrogens is 510 g/mol. The maximum atomic E-state index is 6.40. The van der Waals surface area contributed by atoms with Crippen molar-refractivity contribution in [2.75, 3.05) is 30.8 Å². The number of fused-ring (bicyclic) bond motifs is 2. The highest BCUT2D eigenvalue weighted by Crippen LogP contribution is 2.43. The van der Waals surface area contributed by atoms with Crippen LogP contribution in [0.5, 0.6) is 23.1 Å². The van der Waals surface area contributed by atoms with Gasteiger partial charge in [0.1, 0.15) is 17.8 Å². The average Bonchev–Trinajstić information content (AvgIpc) is 3.05. The number of nitrogens with zero attached hydrogens (tertiary/aromatic N) is 2. The van der Waals surface area contributed by atoms with Crippen LogP contribution in [0.1, 0.15) is 30.9 Å². The fourth-order valence-electron chi connectivity index (χ4n) is 4.47. The van der Waals surface area contributed by atoms with E-state index in [1.807, 2.05) is 30.3 Å². The van der Waals surface area contributed by atoms with E-state index in [2.05, 4.69) is 55.7 Å². The van der Waals surface area contributed by atoms with E-state index in [0.717, 1.165) is 53.0 Å². The van der Waals surface area contributed by atoms with Crippen LogP contribution in [-0.4, -0.2) is 36.3 Å². The molecule has 35 heavy (non-hydrogen) atoms. The predicted octanol–water partition coefficient (Wildman–Crippen LogP) is 5.78. The highest BCUT2D eigenvalue weighted by atomic mass is 79.9. The molecule has 9 heteroatoms. The zero-order valence-electron chi connectivity index (χ0n) is 20.2. The number of ether oxygens (including phenoxy) is 3. The van der Waals surface area contributed by atoms with Crippen molar-refractivity contribution in [2.24, 2.45) is 5.92 Å². The third-order valence-electron chi connectivity index (χ3n) is 6.62. The van der Waals surface area contributed by atoms with Gasteiger partial charge in [-0.25, -0.2) is 4.98 Å². The smallest absolute Gasteiger partial charge is 0.248 e. The number of aromatic nitrogens is 2. The molecule has 1 aromatic heterocycles. The number of halogens is 1. The SMILES string of the molecule is COc1cc2c(cc1OC(C)C1CCNCC1)CNc1c(Nc3ccc(C)c(Br)c3)ncnc1O2. The van der Waals surface area contributed by atoms with Crippen LogP contribution in [0.3, 0.4) is 0 Å². The summed E-state index contributed by atoms with van der Waals surface area (Å²) in [6, 6.07) is 9.96. The maximum Gasteiger partial charge on any atom is 0.248 e. The molecule has 2 aromatic carbocycles.